The number of halogens is 2. The minimum atomic E-state index is -0.484. The van der Waals surface area contributed by atoms with Crippen LogP contribution in [0, 0.1) is 11.6 Å². The van der Waals surface area contributed by atoms with Crippen molar-refractivity contribution in [2.45, 2.75) is 37.4 Å². The molecule has 2 aromatic rings. The molecule has 0 aliphatic carbocycles. The van der Waals surface area contributed by atoms with Crippen LogP contribution in [0.2, 0.25) is 0 Å². The number of aliphatic hydroxyl groups excluding tert-OH is 1. The summed E-state index contributed by atoms with van der Waals surface area (Å²) < 4.78 is 27.9. The Kier molecular flexibility index (Phi) is 4.93. The Morgan fingerprint density at radius 2 is 1.89 bits per heavy atom. The van der Waals surface area contributed by atoms with Crippen LogP contribution in [-0.2, 0) is 11.3 Å². The second-order valence-corrected chi connectivity index (χ2v) is 7.71. The van der Waals surface area contributed by atoms with Crippen LogP contribution < -0.4 is 0 Å². The monoisotopic (exact) mass is 386 g/mol. The van der Waals surface area contributed by atoms with E-state index in [9.17, 15) is 18.7 Å². The largest absolute Gasteiger partial charge is 0.395 e. The number of amides is 1. The van der Waals surface area contributed by atoms with E-state index in [0.717, 1.165) is 17.7 Å². The fourth-order valence-electron chi connectivity index (χ4n) is 4.88. The van der Waals surface area contributed by atoms with Gasteiger partial charge in [-0.05, 0) is 23.8 Å². The van der Waals surface area contributed by atoms with Gasteiger partial charge in [0.15, 0.2) is 0 Å². The Morgan fingerprint density at radius 1 is 1.18 bits per heavy atom. The van der Waals surface area contributed by atoms with Gasteiger partial charge in [-0.1, -0.05) is 37.3 Å². The Bertz CT molecular complexity index is 868. The fourth-order valence-corrected chi connectivity index (χ4v) is 4.88. The molecular weight excluding hydrogens is 362 g/mol. The Hall–Kier alpha value is -2.31. The van der Waals surface area contributed by atoms with Crippen LogP contribution in [0.15, 0.2) is 48.5 Å². The number of likely N-dealkylation sites (tertiary alicyclic amines) is 2. The van der Waals surface area contributed by atoms with Crippen LogP contribution in [0.5, 0.6) is 0 Å². The first kappa shape index (κ1) is 19.0. The highest BCUT2D eigenvalue weighted by Gasteiger charge is 2.66. The van der Waals surface area contributed by atoms with Crippen molar-refractivity contribution >= 4 is 5.91 Å². The number of hydrogen-bond acceptors (Lipinski definition) is 3. The second-order valence-electron chi connectivity index (χ2n) is 7.71. The van der Waals surface area contributed by atoms with Crippen LogP contribution in [0.3, 0.4) is 0 Å². The van der Waals surface area contributed by atoms with Crippen LogP contribution in [0.1, 0.15) is 30.4 Å². The van der Waals surface area contributed by atoms with Crippen LogP contribution in [0.4, 0.5) is 8.78 Å². The number of carbonyl (C=O) groups is 1. The van der Waals surface area contributed by atoms with Crippen LogP contribution in [-0.4, -0.2) is 52.1 Å². The first-order valence-electron chi connectivity index (χ1n) is 9.64. The van der Waals surface area contributed by atoms with Crippen molar-refractivity contribution in [3.8, 4) is 0 Å². The number of aliphatic hydroxyl groups is 1. The lowest BCUT2D eigenvalue weighted by molar-refractivity contribution is -0.200. The van der Waals surface area contributed by atoms with Crippen molar-refractivity contribution in [3.63, 3.8) is 0 Å². The Morgan fingerprint density at radius 3 is 2.54 bits per heavy atom. The maximum atomic E-state index is 14.3. The van der Waals surface area contributed by atoms with Gasteiger partial charge in [0.05, 0.1) is 12.1 Å². The van der Waals surface area contributed by atoms with Gasteiger partial charge in [0.2, 0.25) is 5.91 Å². The Balaban J connectivity index is 1.66. The highest BCUT2D eigenvalue weighted by atomic mass is 19.1. The molecule has 2 saturated heterocycles. The molecule has 0 saturated carbocycles. The van der Waals surface area contributed by atoms with Crippen molar-refractivity contribution in [2.75, 3.05) is 19.7 Å². The van der Waals surface area contributed by atoms with E-state index < -0.39 is 11.6 Å². The van der Waals surface area contributed by atoms with E-state index in [1.165, 1.54) is 6.07 Å². The molecule has 6 heteroatoms. The van der Waals surface area contributed by atoms with Gasteiger partial charge in [0.25, 0.3) is 0 Å². The zero-order valence-corrected chi connectivity index (χ0v) is 15.8. The van der Waals surface area contributed by atoms with Gasteiger partial charge in [0.1, 0.15) is 11.6 Å². The van der Waals surface area contributed by atoms with Gasteiger partial charge in [-0.15, -0.1) is 0 Å². The summed E-state index contributed by atoms with van der Waals surface area (Å²) in [6.45, 7) is 3.02. The Labute approximate surface area is 163 Å². The van der Waals surface area contributed by atoms with Crippen molar-refractivity contribution in [1.82, 2.24) is 9.80 Å². The van der Waals surface area contributed by atoms with E-state index in [-0.39, 0.29) is 42.1 Å². The van der Waals surface area contributed by atoms with Gasteiger partial charge in [-0.3, -0.25) is 9.69 Å². The van der Waals surface area contributed by atoms with E-state index in [0.29, 0.717) is 19.5 Å². The van der Waals surface area contributed by atoms with E-state index in [2.05, 4.69) is 0 Å². The SMILES string of the molecule is CCC(=O)N1CC2(C1)[C@@H](c1ccccc1)[C@@H](CO)N2Cc1cc(F)ccc1F. The molecule has 2 atom stereocenters. The lowest BCUT2D eigenvalue weighted by Crippen LogP contribution is -2.84. The number of rotatable bonds is 5. The molecule has 0 aromatic heterocycles. The highest BCUT2D eigenvalue weighted by Crippen LogP contribution is 2.54. The summed E-state index contributed by atoms with van der Waals surface area (Å²) in [5.41, 5.74) is 1.00. The molecule has 2 aliphatic heterocycles. The summed E-state index contributed by atoms with van der Waals surface area (Å²) in [5, 5.41) is 10.1. The highest BCUT2D eigenvalue weighted by molar-refractivity contribution is 5.77. The molecule has 28 heavy (non-hydrogen) atoms. The summed E-state index contributed by atoms with van der Waals surface area (Å²) in [4.78, 5) is 16.0. The molecule has 1 N–H and O–H groups in total. The zero-order valence-electron chi connectivity index (χ0n) is 15.8. The first-order chi connectivity index (χ1) is 13.5. The van der Waals surface area contributed by atoms with Crippen LogP contribution >= 0.6 is 0 Å². The predicted octanol–water partition coefficient (Wildman–Crippen LogP) is 2.92. The lowest BCUT2D eigenvalue weighted by atomic mass is 9.60. The first-order valence-corrected chi connectivity index (χ1v) is 9.64. The molecule has 0 bridgehead atoms. The molecule has 2 fully saturated rings. The van der Waals surface area contributed by atoms with Gasteiger partial charge in [0, 0.05) is 43.6 Å². The van der Waals surface area contributed by atoms with Crippen molar-refractivity contribution in [1.29, 1.82) is 0 Å². The third-order valence-electron chi connectivity index (χ3n) is 6.21. The van der Waals surface area contributed by atoms with E-state index >= 15 is 0 Å². The smallest absolute Gasteiger partial charge is 0.222 e. The summed E-state index contributed by atoms with van der Waals surface area (Å²) in [7, 11) is 0. The van der Waals surface area contributed by atoms with Crippen molar-refractivity contribution in [2.24, 2.45) is 0 Å². The molecule has 0 unspecified atom stereocenters. The maximum Gasteiger partial charge on any atom is 0.222 e. The normalized spacial score (nSPS) is 23.4. The number of carbonyl (C=O) groups excluding carboxylic acids is 1. The minimum Gasteiger partial charge on any atom is -0.395 e. The molecule has 1 amide bonds. The number of benzene rings is 2. The minimum absolute atomic E-state index is 0.0382. The molecule has 0 radical (unpaired) electrons. The molecular formula is C22H24F2N2O2. The third kappa shape index (κ3) is 2.91. The molecule has 4 rings (SSSR count). The second kappa shape index (κ2) is 7.26. The van der Waals surface area contributed by atoms with Gasteiger partial charge >= 0.3 is 0 Å². The summed E-state index contributed by atoms with van der Waals surface area (Å²) in [6.07, 6.45) is 0.439. The molecule has 2 heterocycles. The summed E-state index contributed by atoms with van der Waals surface area (Å²) in [6, 6.07) is 13.2. The third-order valence-corrected chi connectivity index (χ3v) is 6.21. The predicted molar refractivity (Wildman–Crippen MR) is 102 cm³/mol. The molecule has 2 aromatic carbocycles. The topological polar surface area (TPSA) is 43.8 Å². The quantitative estimate of drug-likeness (QED) is 0.859. The molecule has 1 spiro atoms. The number of nitrogens with zero attached hydrogens (tertiary/aromatic N) is 2. The van der Waals surface area contributed by atoms with Gasteiger partial charge in [-0.2, -0.15) is 0 Å². The van der Waals surface area contributed by atoms with E-state index in [1.54, 1.807) is 4.90 Å². The zero-order chi connectivity index (χ0) is 19.9. The maximum absolute atomic E-state index is 14.3. The molecule has 2 aliphatic rings. The van der Waals surface area contributed by atoms with E-state index in [4.69, 9.17) is 0 Å². The van der Waals surface area contributed by atoms with Gasteiger partial charge < -0.3 is 10.0 Å². The summed E-state index contributed by atoms with van der Waals surface area (Å²) >= 11 is 0. The fraction of sp³-hybridized carbons (Fsp3) is 0.409. The number of hydrogen-bond donors (Lipinski definition) is 1. The van der Waals surface area contributed by atoms with Crippen molar-refractivity contribution < 1.29 is 18.7 Å². The summed E-state index contributed by atoms with van der Waals surface area (Å²) in [5.74, 6) is -0.822. The van der Waals surface area contributed by atoms with E-state index in [1.807, 2.05) is 42.2 Å². The van der Waals surface area contributed by atoms with Crippen molar-refractivity contribution in [3.05, 3.63) is 71.3 Å². The molecule has 148 valence electrons. The standard InChI is InChI=1S/C22H24F2N2O2/c1-2-20(28)25-13-22(14-25)21(15-6-4-3-5-7-15)19(12-27)26(22)11-16-10-17(23)8-9-18(16)24/h3-10,19,21,27H,2,11-14H2,1H3/t19-,21+/m1/s1. The average Bonchev–Trinajstić information content (AvgIpc) is 2.67. The lowest BCUT2D eigenvalue weighted by Gasteiger charge is -2.70. The average molecular weight is 386 g/mol. The molecule has 4 nitrogen and oxygen atoms in total. The van der Waals surface area contributed by atoms with Crippen LogP contribution in [0.25, 0.3) is 0 Å². The van der Waals surface area contributed by atoms with Gasteiger partial charge in [-0.25, -0.2) is 8.78 Å².